The van der Waals surface area contributed by atoms with E-state index in [2.05, 4.69) is 41.0 Å². The highest BCUT2D eigenvalue weighted by Crippen LogP contribution is 2.17. The van der Waals surface area contributed by atoms with E-state index in [1.54, 1.807) is 0 Å². The maximum atomic E-state index is 7.25. The Morgan fingerprint density at radius 2 is 2.00 bits per heavy atom. The molecule has 98 valence electrons. The van der Waals surface area contributed by atoms with E-state index < -0.39 is 0 Å². The Labute approximate surface area is 109 Å². The second-order valence-electron chi connectivity index (χ2n) is 4.94. The number of aryl methyl sites for hydroxylation is 1. The average molecular weight is 246 g/mol. The number of piperazine rings is 1. The van der Waals surface area contributed by atoms with Crippen LogP contribution in [0.4, 0.5) is 5.69 Å². The van der Waals surface area contributed by atoms with Crippen LogP contribution in [-0.4, -0.2) is 43.5 Å². The first kappa shape index (κ1) is 12.9. The van der Waals surface area contributed by atoms with Gasteiger partial charge in [-0.2, -0.15) is 0 Å². The van der Waals surface area contributed by atoms with Crippen molar-refractivity contribution in [2.45, 2.75) is 13.3 Å². The van der Waals surface area contributed by atoms with E-state index in [0.717, 1.165) is 32.7 Å². The molecule has 2 rings (SSSR count). The van der Waals surface area contributed by atoms with Gasteiger partial charge in [-0.05, 0) is 24.6 Å². The molecule has 3 N–H and O–H groups in total. The van der Waals surface area contributed by atoms with Crippen LogP contribution >= 0.6 is 0 Å². The lowest BCUT2D eigenvalue weighted by atomic mass is 10.2. The van der Waals surface area contributed by atoms with E-state index in [4.69, 9.17) is 11.1 Å². The lowest BCUT2D eigenvalue weighted by Gasteiger charge is -2.36. The Hall–Kier alpha value is -1.55. The van der Waals surface area contributed by atoms with Crippen molar-refractivity contribution >= 4 is 11.5 Å². The van der Waals surface area contributed by atoms with Crippen molar-refractivity contribution in [2.24, 2.45) is 5.73 Å². The first-order valence-electron chi connectivity index (χ1n) is 6.52. The molecule has 1 aliphatic heterocycles. The van der Waals surface area contributed by atoms with Crippen LogP contribution in [0.2, 0.25) is 0 Å². The van der Waals surface area contributed by atoms with Crippen LogP contribution in [-0.2, 0) is 0 Å². The predicted octanol–water partition coefficient (Wildman–Crippen LogP) is 1.44. The maximum Gasteiger partial charge on any atom is 0.0918 e. The highest BCUT2D eigenvalue weighted by Gasteiger charge is 2.16. The molecule has 1 aromatic rings. The van der Waals surface area contributed by atoms with Crippen molar-refractivity contribution in [1.29, 1.82) is 5.41 Å². The number of anilines is 1. The number of nitrogens with two attached hydrogens (primary N) is 1. The third kappa shape index (κ3) is 3.47. The van der Waals surface area contributed by atoms with Gasteiger partial charge in [-0.1, -0.05) is 12.1 Å². The summed E-state index contributed by atoms with van der Waals surface area (Å²) in [5.41, 5.74) is 8.02. The predicted molar refractivity (Wildman–Crippen MR) is 76.4 cm³/mol. The summed E-state index contributed by atoms with van der Waals surface area (Å²) < 4.78 is 0. The summed E-state index contributed by atoms with van der Waals surface area (Å²) in [7, 11) is 0. The van der Waals surface area contributed by atoms with Crippen molar-refractivity contribution in [3.05, 3.63) is 29.8 Å². The molecule has 0 bridgehead atoms. The minimum atomic E-state index is 0.288. The zero-order valence-electron chi connectivity index (χ0n) is 11.0. The quantitative estimate of drug-likeness (QED) is 0.624. The highest BCUT2D eigenvalue weighted by molar-refractivity contribution is 5.76. The van der Waals surface area contributed by atoms with Crippen LogP contribution < -0.4 is 10.6 Å². The van der Waals surface area contributed by atoms with Crippen LogP contribution in [0.15, 0.2) is 24.3 Å². The van der Waals surface area contributed by atoms with Crippen molar-refractivity contribution in [3.63, 3.8) is 0 Å². The number of hydrogen-bond donors (Lipinski definition) is 2. The van der Waals surface area contributed by atoms with Gasteiger partial charge in [0.25, 0.3) is 0 Å². The molecule has 0 aromatic heterocycles. The molecular weight excluding hydrogens is 224 g/mol. The van der Waals surface area contributed by atoms with Gasteiger partial charge in [0.05, 0.1) is 5.84 Å². The van der Waals surface area contributed by atoms with Gasteiger partial charge in [0, 0.05) is 44.8 Å². The van der Waals surface area contributed by atoms with Crippen LogP contribution in [0.3, 0.4) is 0 Å². The van der Waals surface area contributed by atoms with E-state index in [1.807, 2.05) is 0 Å². The van der Waals surface area contributed by atoms with Gasteiger partial charge in [0.15, 0.2) is 0 Å². The lowest BCUT2D eigenvalue weighted by molar-refractivity contribution is 0.264. The smallest absolute Gasteiger partial charge is 0.0918 e. The summed E-state index contributed by atoms with van der Waals surface area (Å²) in [6, 6.07) is 8.67. The van der Waals surface area contributed by atoms with Gasteiger partial charge in [-0.3, -0.25) is 10.3 Å². The highest BCUT2D eigenvalue weighted by atomic mass is 15.3. The Morgan fingerprint density at radius 3 is 2.61 bits per heavy atom. The lowest BCUT2D eigenvalue weighted by Crippen LogP contribution is -2.47. The van der Waals surface area contributed by atoms with Gasteiger partial charge in [-0.15, -0.1) is 0 Å². The number of benzene rings is 1. The number of amidine groups is 1. The minimum Gasteiger partial charge on any atom is -0.388 e. The SMILES string of the molecule is Cc1cccc(N2CCN(CCC(=N)N)CC2)c1. The summed E-state index contributed by atoms with van der Waals surface area (Å²) in [4.78, 5) is 4.81. The molecule has 18 heavy (non-hydrogen) atoms. The monoisotopic (exact) mass is 246 g/mol. The number of nitrogens with one attached hydrogen (secondary N) is 1. The molecule has 1 aromatic carbocycles. The fourth-order valence-electron chi connectivity index (χ4n) is 2.33. The van der Waals surface area contributed by atoms with Crippen molar-refractivity contribution in [1.82, 2.24) is 4.90 Å². The molecule has 0 atom stereocenters. The van der Waals surface area contributed by atoms with Crippen molar-refractivity contribution < 1.29 is 0 Å². The number of hydrogen-bond acceptors (Lipinski definition) is 3. The first-order chi connectivity index (χ1) is 8.65. The Morgan fingerprint density at radius 1 is 1.28 bits per heavy atom. The topological polar surface area (TPSA) is 56.4 Å². The molecule has 4 nitrogen and oxygen atoms in total. The Kier molecular flexibility index (Phi) is 4.20. The number of nitrogens with zero attached hydrogens (tertiary/aromatic N) is 2. The second kappa shape index (κ2) is 5.87. The Bertz CT molecular complexity index is 408. The molecule has 1 fully saturated rings. The van der Waals surface area contributed by atoms with Gasteiger partial charge >= 0.3 is 0 Å². The second-order valence-corrected chi connectivity index (χ2v) is 4.94. The summed E-state index contributed by atoms with van der Waals surface area (Å²) in [6.45, 7) is 7.27. The van der Waals surface area contributed by atoms with Crippen molar-refractivity contribution in [2.75, 3.05) is 37.6 Å². The van der Waals surface area contributed by atoms with E-state index in [1.165, 1.54) is 11.3 Å². The number of rotatable bonds is 4. The third-order valence-electron chi connectivity index (χ3n) is 3.44. The summed E-state index contributed by atoms with van der Waals surface area (Å²) in [5.74, 6) is 0.288. The van der Waals surface area contributed by atoms with E-state index in [9.17, 15) is 0 Å². The molecular formula is C14H22N4. The van der Waals surface area contributed by atoms with Gasteiger partial charge in [-0.25, -0.2) is 0 Å². The van der Waals surface area contributed by atoms with Gasteiger partial charge in [0.2, 0.25) is 0 Å². The van der Waals surface area contributed by atoms with Crippen LogP contribution in [0.25, 0.3) is 0 Å². The first-order valence-corrected chi connectivity index (χ1v) is 6.52. The molecule has 4 heteroatoms. The fourth-order valence-corrected chi connectivity index (χ4v) is 2.33. The van der Waals surface area contributed by atoms with E-state index in [-0.39, 0.29) is 5.84 Å². The molecule has 0 amide bonds. The van der Waals surface area contributed by atoms with Crippen LogP contribution in [0.1, 0.15) is 12.0 Å². The standard InChI is InChI=1S/C14H22N4/c1-12-3-2-4-13(11-12)18-9-7-17(8-10-18)6-5-14(15)16/h2-4,11H,5-10H2,1H3,(H3,15,16). The summed E-state index contributed by atoms with van der Waals surface area (Å²) in [5, 5.41) is 7.25. The fraction of sp³-hybridized carbons (Fsp3) is 0.500. The molecule has 0 spiro atoms. The maximum absolute atomic E-state index is 7.25. The van der Waals surface area contributed by atoms with Crippen LogP contribution in [0.5, 0.6) is 0 Å². The average Bonchev–Trinajstić information content (AvgIpc) is 2.37. The summed E-state index contributed by atoms with van der Waals surface area (Å²) in [6.07, 6.45) is 0.685. The van der Waals surface area contributed by atoms with E-state index >= 15 is 0 Å². The van der Waals surface area contributed by atoms with Crippen molar-refractivity contribution in [3.8, 4) is 0 Å². The zero-order chi connectivity index (χ0) is 13.0. The minimum absolute atomic E-state index is 0.288. The summed E-state index contributed by atoms with van der Waals surface area (Å²) >= 11 is 0. The molecule has 1 saturated heterocycles. The molecule has 1 aliphatic rings. The van der Waals surface area contributed by atoms with Gasteiger partial charge < -0.3 is 10.6 Å². The normalized spacial score (nSPS) is 16.8. The Balaban J connectivity index is 1.85. The molecule has 0 radical (unpaired) electrons. The molecule has 0 aliphatic carbocycles. The zero-order valence-corrected chi connectivity index (χ0v) is 11.0. The molecule has 0 unspecified atom stereocenters. The van der Waals surface area contributed by atoms with Crippen LogP contribution in [0, 0.1) is 12.3 Å². The third-order valence-corrected chi connectivity index (χ3v) is 3.44. The largest absolute Gasteiger partial charge is 0.388 e. The molecule has 1 heterocycles. The van der Waals surface area contributed by atoms with E-state index in [0.29, 0.717) is 6.42 Å². The van der Waals surface area contributed by atoms with Gasteiger partial charge in [0.1, 0.15) is 0 Å². The molecule has 0 saturated carbocycles.